The Kier molecular flexibility index (Phi) is 2.64. The standard InChI is InChI=1S/C12H10O2S/c1-15-11-6-8(7-13)9-4-2-3-5-10(9)12(11)14/h2-7,14H,1H3. The molecule has 0 saturated carbocycles. The topological polar surface area (TPSA) is 37.3 Å². The Balaban J connectivity index is 2.90. The van der Waals surface area contributed by atoms with Gasteiger partial charge in [0.2, 0.25) is 0 Å². The first-order valence-corrected chi connectivity index (χ1v) is 5.74. The van der Waals surface area contributed by atoms with Crippen molar-refractivity contribution in [1.82, 2.24) is 0 Å². The van der Waals surface area contributed by atoms with Crippen molar-refractivity contribution in [3.63, 3.8) is 0 Å². The van der Waals surface area contributed by atoms with Crippen LogP contribution in [0.3, 0.4) is 0 Å². The fraction of sp³-hybridized carbons (Fsp3) is 0.0833. The van der Waals surface area contributed by atoms with Crippen LogP contribution in [0.25, 0.3) is 10.8 Å². The summed E-state index contributed by atoms with van der Waals surface area (Å²) in [6, 6.07) is 9.07. The summed E-state index contributed by atoms with van der Waals surface area (Å²) in [6.45, 7) is 0. The third-order valence-electron chi connectivity index (χ3n) is 2.36. The Morgan fingerprint density at radius 3 is 2.53 bits per heavy atom. The van der Waals surface area contributed by atoms with Crippen LogP contribution in [0.15, 0.2) is 35.2 Å². The van der Waals surface area contributed by atoms with Crippen molar-refractivity contribution < 1.29 is 9.90 Å². The molecule has 0 fully saturated rings. The first-order chi connectivity index (χ1) is 7.27. The summed E-state index contributed by atoms with van der Waals surface area (Å²) in [5, 5.41) is 11.5. The van der Waals surface area contributed by atoms with E-state index >= 15 is 0 Å². The van der Waals surface area contributed by atoms with Gasteiger partial charge in [-0.15, -0.1) is 11.8 Å². The maximum atomic E-state index is 10.9. The molecular weight excluding hydrogens is 208 g/mol. The molecule has 2 nitrogen and oxygen atoms in total. The van der Waals surface area contributed by atoms with Gasteiger partial charge in [0, 0.05) is 10.9 Å². The number of phenols is 1. The van der Waals surface area contributed by atoms with Crippen molar-refractivity contribution >= 4 is 28.8 Å². The molecule has 3 heteroatoms. The average Bonchev–Trinajstić information content (AvgIpc) is 2.30. The van der Waals surface area contributed by atoms with Crippen LogP contribution in [0.1, 0.15) is 10.4 Å². The lowest BCUT2D eigenvalue weighted by molar-refractivity contribution is 0.112. The molecule has 0 saturated heterocycles. The van der Waals surface area contributed by atoms with Crippen LogP contribution in [0, 0.1) is 0 Å². The van der Waals surface area contributed by atoms with Crippen molar-refractivity contribution in [2.75, 3.05) is 6.26 Å². The first-order valence-electron chi connectivity index (χ1n) is 4.52. The lowest BCUT2D eigenvalue weighted by atomic mass is 10.0. The average molecular weight is 218 g/mol. The Bertz CT molecular complexity index is 520. The van der Waals surface area contributed by atoms with E-state index in [-0.39, 0.29) is 5.75 Å². The number of aromatic hydroxyl groups is 1. The van der Waals surface area contributed by atoms with Gasteiger partial charge in [-0.3, -0.25) is 4.79 Å². The van der Waals surface area contributed by atoms with Gasteiger partial charge in [-0.05, 0) is 17.7 Å². The lowest BCUT2D eigenvalue weighted by Gasteiger charge is -2.07. The fourth-order valence-electron chi connectivity index (χ4n) is 1.61. The number of aldehydes is 1. The van der Waals surface area contributed by atoms with E-state index in [1.807, 2.05) is 30.5 Å². The largest absolute Gasteiger partial charge is 0.506 e. The van der Waals surface area contributed by atoms with Gasteiger partial charge < -0.3 is 5.11 Å². The summed E-state index contributed by atoms with van der Waals surface area (Å²) in [4.78, 5) is 11.6. The van der Waals surface area contributed by atoms with E-state index in [1.54, 1.807) is 6.07 Å². The molecule has 15 heavy (non-hydrogen) atoms. The van der Waals surface area contributed by atoms with Crippen molar-refractivity contribution in [3.8, 4) is 5.75 Å². The van der Waals surface area contributed by atoms with Gasteiger partial charge in [0.1, 0.15) is 5.75 Å². The molecule has 0 bridgehead atoms. The SMILES string of the molecule is CSc1cc(C=O)c2ccccc2c1O. The number of carbonyl (C=O) groups is 1. The summed E-state index contributed by atoms with van der Waals surface area (Å²) < 4.78 is 0. The fourth-order valence-corrected chi connectivity index (χ4v) is 2.16. The summed E-state index contributed by atoms with van der Waals surface area (Å²) in [7, 11) is 0. The number of fused-ring (bicyclic) bond motifs is 1. The normalized spacial score (nSPS) is 10.5. The third kappa shape index (κ3) is 1.59. The van der Waals surface area contributed by atoms with Crippen molar-refractivity contribution in [2.24, 2.45) is 0 Å². The number of hydrogen-bond acceptors (Lipinski definition) is 3. The zero-order valence-electron chi connectivity index (χ0n) is 8.23. The van der Waals surface area contributed by atoms with Gasteiger partial charge in [-0.1, -0.05) is 24.3 Å². The number of carbonyl (C=O) groups excluding carboxylic acids is 1. The number of benzene rings is 2. The Morgan fingerprint density at radius 2 is 1.93 bits per heavy atom. The van der Waals surface area contributed by atoms with Crippen LogP contribution in [0.4, 0.5) is 0 Å². The lowest BCUT2D eigenvalue weighted by Crippen LogP contribution is -1.86. The summed E-state index contributed by atoms with van der Waals surface area (Å²) in [5.41, 5.74) is 0.618. The number of hydrogen-bond donors (Lipinski definition) is 1. The second-order valence-electron chi connectivity index (χ2n) is 3.18. The molecule has 0 atom stereocenters. The van der Waals surface area contributed by atoms with E-state index < -0.39 is 0 Å². The Morgan fingerprint density at radius 1 is 1.27 bits per heavy atom. The summed E-state index contributed by atoms with van der Waals surface area (Å²) in [6.07, 6.45) is 2.69. The Hall–Kier alpha value is -1.48. The number of phenolic OH excluding ortho intramolecular Hbond substituents is 1. The molecule has 0 aliphatic rings. The maximum absolute atomic E-state index is 10.9. The maximum Gasteiger partial charge on any atom is 0.150 e. The molecule has 1 N–H and O–H groups in total. The molecule has 0 aromatic heterocycles. The zero-order valence-corrected chi connectivity index (χ0v) is 9.04. The van der Waals surface area contributed by atoms with Crippen LogP contribution in [-0.2, 0) is 0 Å². The van der Waals surface area contributed by atoms with Gasteiger partial charge in [0.15, 0.2) is 6.29 Å². The highest BCUT2D eigenvalue weighted by Crippen LogP contribution is 2.35. The quantitative estimate of drug-likeness (QED) is 0.621. The molecule has 2 rings (SSSR count). The molecule has 0 spiro atoms. The van der Waals surface area contributed by atoms with Gasteiger partial charge >= 0.3 is 0 Å². The van der Waals surface area contributed by atoms with Crippen LogP contribution < -0.4 is 0 Å². The highest BCUT2D eigenvalue weighted by atomic mass is 32.2. The van der Waals surface area contributed by atoms with E-state index in [0.717, 1.165) is 22.0 Å². The number of rotatable bonds is 2. The van der Waals surface area contributed by atoms with E-state index in [9.17, 15) is 9.90 Å². The van der Waals surface area contributed by atoms with Crippen LogP contribution in [0.5, 0.6) is 5.75 Å². The number of thioether (sulfide) groups is 1. The predicted octanol–water partition coefficient (Wildman–Crippen LogP) is 3.08. The molecule has 0 unspecified atom stereocenters. The first kappa shape index (κ1) is 10.1. The molecule has 2 aromatic rings. The van der Waals surface area contributed by atoms with Crippen molar-refractivity contribution in [2.45, 2.75) is 4.90 Å². The minimum atomic E-state index is 0.253. The molecule has 0 aliphatic heterocycles. The van der Waals surface area contributed by atoms with Crippen molar-refractivity contribution in [3.05, 3.63) is 35.9 Å². The molecular formula is C12H10O2S. The molecule has 0 heterocycles. The van der Waals surface area contributed by atoms with Gasteiger partial charge in [0.05, 0.1) is 4.90 Å². The minimum absolute atomic E-state index is 0.253. The van der Waals surface area contributed by atoms with Crippen molar-refractivity contribution in [1.29, 1.82) is 0 Å². The molecule has 2 aromatic carbocycles. The van der Waals surface area contributed by atoms with E-state index in [1.165, 1.54) is 11.8 Å². The molecule has 0 radical (unpaired) electrons. The smallest absolute Gasteiger partial charge is 0.150 e. The highest BCUT2D eigenvalue weighted by molar-refractivity contribution is 7.98. The minimum Gasteiger partial charge on any atom is -0.506 e. The molecule has 76 valence electrons. The van der Waals surface area contributed by atoms with Gasteiger partial charge in [-0.25, -0.2) is 0 Å². The summed E-state index contributed by atoms with van der Waals surface area (Å²) >= 11 is 1.43. The van der Waals surface area contributed by atoms with Crippen LogP contribution in [0.2, 0.25) is 0 Å². The second kappa shape index (κ2) is 3.95. The zero-order chi connectivity index (χ0) is 10.8. The third-order valence-corrected chi connectivity index (χ3v) is 3.11. The van der Waals surface area contributed by atoms with E-state index in [4.69, 9.17) is 0 Å². The van der Waals surface area contributed by atoms with Crippen LogP contribution in [-0.4, -0.2) is 17.6 Å². The van der Waals surface area contributed by atoms with Gasteiger partial charge in [0.25, 0.3) is 0 Å². The summed E-state index contributed by atoms with van der Waals surface area (Å²) in [5.74, 6) is 0.253. The van der Waals surface area contributed by atoms with Crippen LogP contribution >= 0.6 is 11.8 Å². The van der Waals surface area contributed by atoms with E-state index in [0.29, 0.717) is 5.56 Å². The highest BCUT2D eigenvalue weighted by Gasteiger charge is 2.09. The predicted molar refractivity (Wildman–Crippen MR) is 62.8 cm³/mol. The Labute approximate surface area is 91.9 Å². The molecule has 0 amide bonds. The monoisotopic (exact) mass is 218 g/mol. The molecule has 0 aliphatic carbocycles. The second-order valence-corrected chi connectivity index (χ2v) is 4.03. The van der Waals surface area contributed by atoms with E-state index in [2.05, 4.69) is 0 Å². The van der Waals surface area contributed by atoms with Gasteiger partial charge in [-0.2, -0.15) is 0 Å².